The molecule has 1 heterocycles. The molecule has 4 nitrogen and oxygen atoms in total. The Bertz CT molecular complexity index is 302. The monoisotopic (exact) mass is 178 g/mol. The van der Waals surface area contributed by atoms with E-state index in [1.807, 2.05) is 6.07 Å². The number of pyridine rings is 1. The van der Waals surface area contributed by atoms with Gasteiger partial charge in [-0.25, -0.2) is 0 Å². The van der Waals surface area contributed by atoms with E-state index in [0.29, 0.717) is 11.4 Å². The molecule has 0 fully saturated rings. The van der Waals surface area contributed by atoms with Crippen LogP contribution < -0.4 is 4.74 Å². The van der Waals surface area contributed by atoms with Crippen molar-refractivity contribution < 1.29 is 9.84 Å². The molecule has 1 rings (SSSR count). The van der Waals surface area contributed by atoms with E-state index in [4.69, 9.17) is 15.1 Å². The fraction of sp³-hybridized carbons (Fsp3) is 0.333. The van der Waals surface area contributed by atoms with Crippen LogP contribution in [0.4, 0.5) is 0 Å². The van der Waals surface area contributed by atoms with Gasteiger partial charge in [0.2, 0.25) is 0 Å². The minimum absolute atomic E-state index is 0.0892. The fourth-order valence-electron chi connectivity index (χ4n) is 0.805. The summed E-state index contributed by atoms with van der Waals surface area (Å²) in [5.41, 5.74) is 0.581. The standard InChI is InChI=1S/C9H10N2O2/c1-7(4-10)13-9-3-2-8(6-12)11-5-9/h2-3,5,7,12H,6H2,1H3. The first-order chi connectivity index (χ1) is 6.26. The number of nitrogens with zero attached hydrogens (tertiary/aromatic N) is 2. The second-order valence-corrected chi connectivity index (χ2v) is 2.53. The topological polar surface area (TPSA) is 66.1 Å². The summed E-state index contributed by atoms with van der Waals surface area (Å²) in [6.45, 7) is 1.56. The molecule has 0 amide bonds. The molecule has 0 bridgehead atoms. The van der Waals surface area contributed by atoms with Crippen molar-refractivity contribution >= 4 is 0 Å². The predicted molar refractivity (Wildman–Crippen MR) is 45.9 cm³/mol. The normalized spacial score (nSPS) is 11.8. The van der Waals surface area contributed by atoms with Crippen LogP contribution in [0.2, 0.25) is 0 Å². The van der Waals surface area contributed by atoms with Crippen LogP contribution in [0.25, 0.3) is 0 Å². The smallest absolute Gasteiger partial charge is 0.181 e. The number of hydrogen-bond donors (Lipinski definition) is 1. The molecule has 0 aliphatic rings. The molecule has 4 heteroatoms. The highest BCUT2D eigenvalue weighted by Gasteiger charge is 2.01. The molecule has 0 aliphatic carbocycles. The summed E-state index contributed by atoms with van der Waals surface area (Å²) in [5.74, 6) is 0.534. The summed E-state index contributed by atoms with van der Waals surface area (Å²) in [4.78, 5) is 3.90. The van der Waals surface area contributed by atoms with E-state index in [-0.39, 0.29) is 6.61 Å². The Labute approximate surface area is 76.4 Å². The quantitative estimate of drug-likeness (QED) is 0.745. The van der Waals surface area contributed by atoms with Crippen molar-refractivity contribution in [3.8, 4) is 11.8 Å². The maximum atomic E-state index is 8.70. The van der Waals surface area contributed by atoms with Gasteiger partial charge in [0, 0.05) is 0 Å². The van der Waals surface area contributed by atoms with E-state index >= 15 is 0 Å². The summed E-state index contributed by atoms with van der Waals surface area (Å²) < 4.78 is 5.16. The molecule has 1 N–H and O–H groups in total. The van der Waals surface area contributed by atoms with E-state index in [9.17, 15) is 0 Å². The highest BCUT2D eigenvalue weighted by atomic mass is 16.5. The third-order valence-corrected chi connectivity index (χ3v) is 1.45. The van der Waals surface area contributed by atoms with E-state index < -0.39 is 6.10 Å². The van der Waals surface area contributed by atoms with Crippen LogP contribution in [0.15, 0.2) is 18.3 Å². The maximum Gasteiger partial charge on any atom is 0.181 e. The van der Waals surface area contributed by atoms with E-state index in [1.54, 1.807) is 19.1 Å². The van der Waals surface area contributed by atoms with Crippen LogP contribution in [0.5, 0.6) is 5.75 Å². The molecule has 0 aliphatic heterocycles. The lowest BCUT2D eigenvalue weighted by Crippen LogP contribution is -2.08. The van der Waals surface area contributed by atoms with Crippen molar-refractivity contribution in [3.63, 3.8) is 0 Å². The highest BCUT2D eigenvalue weighted by molar-refractivity contribution is 5.20. The van der Waals surface area contributed by atoms with Crippen molar-refractivity contribution in [2.75, 3.05) is 0 Å². The zero-order valence-electron chi connectivity index (χ0n) is 7.27. The van der Waals surface area contributed by atoms with Gasteiger partial charge in [0.1, 0.15) is 11.8 Å². The molecule has 1 aromatic rings. The molecular formula is C9H10N2O2. The molecular weight excluding hydrogens is 168 g/mol. The Morgan fingerprint density at radius 3 is 2.92 bits per heavy atom. The van der Waals surface area contributed by atoms with Crippen molar-refractivity contribution in [2.24, 2.45) is 0 Å². The Kier molecular flexibility index (Phi) is 3.23. The molecule has 68 valence electrons. The van der Waals surface area contributed by atoms with Crippen molar-refractivity contribution in [1.29, 1.82) is 5.26 Å². The Hall–Kier alpha value is -1.60. The van der Waals surface area contributed by atoms with Gasteiger partial charge in [0.15, 0.2) is 6.10 Å². The summed E-state index contributed by atoms with van der Waals surface area (Å²) in [5, 5.41) is 17.2. The Morgan fingerprint density at radius 1 is 1.69 bits per heavy atom. The lowest BCUT2D eigenvalue weighted by Gasteiger charge is -2.06. The largest absolute Gasteiger partial charge is 0.474 e. The Balaban J connectivity index is 2.65. The van der Waals surface area contributed by atoms with Gasteiger partial charge < -0.3 is 9.84 Å². The molecule has 0 aromatic carbocycles. The number of rotatable bonds is 3. The lowest BCUT2D eigenvalue weighted by molar-refractivity contribution is 0.269. The van der Waals surface area contributed by atoms with E-state index in [2.05, 4.69) is 4.98 Å². The third-order valence-electron chi connectivity index (χ3n) is 1.45. The van der Waals surface area contributed by atoms with Crippen molar-refractivity contribution in [3.05, 3.63) is 24.0 Å². The van der Waals surface area contributed by atoms with Crippen LogP contribution in [0.1, 0.15) is 12.6 Å². The number of aliphatic hydroxyl groups is 1. The molecule has 0 radical (unpaired) electrons. The summed E-state index contributed by atoms with van der Waals surface area (Å²) in [7, 11) is 0. The average Bonchev–Trinajstić information content (AvgIpc) is 2.19. The van der Waals surface area contributed by atoms with Crippen LogP contribution in [-0.4, -0.2) is 16.2 Å². The van der Waals surface area contributed by atoms with Crippen molar-refractivity contribution in [2.45, 2.75) is 19.6 Å². The van der Waals surface area contributed by atoms with Gasteiger partial charge in [-0.05, 0) is 19.1 Å². The third kappa shape index (κ3) is 2.73. The lowest BCUT2D eigenvalue weighted by atomic mass is 10.3. The van der Waals surface area contributed by atoms with Crippen molar-refractivity contribution in [1.82, 2.24) is 4.98 Å². The zero-order chi connectivity index (χ0) is 9.68. The predicted octanol–water partition coefficient (Wildman–Crippen LogP) is 0.865. The van der Waals surface area contributed by atoms with E-state index in [0.717, 1.165) is 0 Å². The SMILES string of the molecule is CC(C#N)Oc1ccc(CO)nc1. The summed E-state index contributed by atoms with van der Waals surface area (Å²) >= 11 is 0. The molecule has 0 saturated heterocycles. The first-order valence-electron chi connectivity index (χ1n) is 3.88. The minimum Gasteiger partial charge on any atom is -0.474 e. The second-order valence-electron chi connectivity index (χ2n) is 2.53. The van der Waals surface area contributed by atoms with Gasteiger partial charge >= 0.3 is 0 Å². The molecule has 1 aromatic heterocycles. The maximum absolute atomic E-state index is 8.70. The minimum atomic E-state index is -0.484. The van der Waals surface area contributed by atoms with Gasteiger partial charge in [-0.2, -0.15) is 5.26 Å². The molecule has 0 saturated carbocycles. The van der Waals surface area contributed by atoms with Gasteiger partial charge in [-0.1, -0.05) is 0 Å². The first kappa shape index (κ1) is 9.49. The summed E-state index contributed by atoms with van der Waals surface area (Å²) in [6.07, 6.45) is 1.00. The second kappa shape index (κ2) is 4.43. The molecule has 0 spiro atoms. The molecule has 1 atom stereocenters. The number of hydrogen-bond acceptors (Lipinski definition) is 4. The molecule has 13 heavy (non-hydrogen) atoms. The van der Waals surface area contributed by atoms with Gasteiger partial charge in [0.05, 0.1) is 18.5 Å². The van der Waals surface area contributed by atoms with Crippen LogP contribution in [-0.2, 0) is 6.61 Å². The van der Waals surface area contributed by atoms with Gasteiger partial charge in [-0.3, -0.25) is 4.98 Å². The highest BCUT2D eigenvalue weighted by Crippen LogP contribution is 2.10. The number of aliphatic hydroxyl groups excluding tert-OH is 1. The number of ether oxygens (including phenoxy) is 1. The number of aromatic nitrogens is 1. The Morgan fingerprint density at radius 2 is 2.46 bits per heavy atom. The van der Waals surface area contributed by atoms with Crippen LogP contribution in [0, 0.1) is 11.3 Å². The molecule has 1 unspecified atom stereocenters. The van der Waals surface area contributed by atoms with Crippen LogP contribution in [0.3, 0.4) is 0 Å². The first-order valence-corrected chi connectivity index (χ1v) is 3.88. The summed E-state index contributed by atoms with van der Waals surface area (Å²) in [6, 6.07) is 5.27. The van der Waals surface area contributed by atoms with E-state index in [1.165, 1.54) is 6.20 Å². The van der Waals surface area contributed by atoms with Gasteiger partial charge in [-0.15, -0.1) is 0 Å². The average molecular weight is 178 g/mol. The number of nitriles is 1. The van der Waals surface area contributed by atoms with Crippen LogP contribution >= 0.6 is 0 Å². The van der Waals surface area contributed by atoms with Gasteiger partial charge in [0.25, 0.3) is 0 Å². The zero-order valence-corrected chi connectivity index (χ0v) is 7.27. The fourth-order valence-corrected chi connectivity index (χ4v) is 0.805.